The second-order valence-corrected chi connectivity index (χ2v) is 11.6. The van der Waals surface area contributed by atoms with Crippen LogP contribution in [0.15, 0.2) is 4.99 Å². The Hall–Kier alpha value is -0.683. The lowest BCUT2D eigenvalue weighted by Crippen LogP contribution is -2.42. The number of methoxy groups -OCH3 is 1. The Kier molecular flexibility index (Phi) is 5.32. The smallest absolute Gasteiger partial charge is 0.306 e. The van der Waals surface area contributed by atoms with Crippen molar-refractivity contribution >= 4 is 20.5 Å². The first kappa shape index (κ1) is 16.4. The van der Waals surface area contributed by atoms with Gasteiger partial charge in [-0.15, -0.1) is 0 Å². The zero-order valence-corrected chi connectivity index (χ0v) is 14.0. The van der Waals surface area contributed by atoms with Gasteiger partial charge in [0.05, 0.1) is 26.2 Å². The second-order valence-electron chi connectivity index (χ2n) is 6.80. The van der Waals surface area contributed by atoms with E-state index in [-0.39, 0.29) is 23.0 Å². The van der Waals surface area contributed by atoms with Crippen molar-refractivity contribution in [3.8, 4) is 0 Å². The van der Waals surface area contributed by atoms with Crippen LogP contribution in [0.3, 0.4) is 0 Å². The molecular weight excluding hydrogens is 258 g/mol. The standard InChI is InChI=1S/C14H27NO3Si/c1-14(2,3)19(5,6)18-10-12-7-11(9-15-12)8-13(16)17-4/h9,11-12H,7-8,10H2,1-6H3/t11?,12-/m0/s1. The van der Waals surface area contributed by atoms with E-state index < -0.39 is 8.32 Å². The van der Waals surface area contributed by atoms with Gasteiger partial charge in [0.15, 0.2) is 8.32 Å². The van der Waals surface area contributed by atoms with Gasteiger partial charge in [0.1, 0.15) is 0 Å². The summed E-state index contributed by atoms with van der Waals surface area (Å²) in [4.78, 5) is 15.7. The first-order chi connectivity index (χ1) is 8.65. The molecule has 0 amide bonds. The molecule has 4 nitrogen and oxygen atoms in total. The average molecular weight is 285 g/mol. The van der Waals surface area contributed by atoms with E-state index in [4.69, 9.17) is 4.43 Å². The monoisotopic (exact) mass is 285 g/mol. The Labute approximate surface area is 117 Å². The van der Waals surface area contributed by atoms with Crippen LogP contribution in [-0.4, -0.2) is 40.3 Å². The summed E-state index contributed by atoms with van der Waals surface area (Å²) in [5.41, 5.74) is 0. The third kappa shape index (κ3) is 4.73. The fourth-order valence-electron chi connectivity index (χ4n) is 1.78. The van der Waals surface area contributed by atoms with Crippen LogP contribution >= 0.6 is 0 Å². The fourth-order valence-corrected chi connectivity index (χ4v) is 2.82. The lowest BCUT2D eigenvalue weighted by Gasteiger charge is -2.36. The molecule has 1 aliphatic rings. The van der Waals surface area contributed by atoms with Crippen molar-refractivity contribution in [2.45, 2.75) is 57.8 Å². The molecule has 0 saturated heterocycles. The van der Waals surface area contributed by atoms with Crippen molar-refractivity contribution in [3.05, 3.63) is 0 Å². The number of carbonyl (C=O) groups is 1. The van der Waals surface area contributed by atoms with Crippen LogP contribution in [0.5, 0.6) is 0 Å². The topological polar surface area (TPSA) is 47.9 Å². The van der Waals surface area contributed by atoms with E-state index in [0.29, 0.717) is 13.0 Å². The summed E-state index contributed by atoms with van der Waals surface area (Å²) >= 11 is 0. The molecule has 5 heteroatoms. The van der Waals surface area contributed by atoms with Crippen molar-refractivity contribution < 1.29 is 14.0 Å². The third-order valence-corrected chi connectivity index (χ3v) is 8.68. The van der Waals surface area contributed by atoms with Crippen LogP contribution in [0.1, 0.15) is 33.6 Å². The molecule has 19 heavy (non-hydrogen) atoms. The zero-order valence-electron chi connectivity index (χ0n) is 13.0. The predicted molar refractivity (Wildman–Crippen MR) is 80.2 cm³/mol. The molecule has 0 saturated carbocycles. The van der Waals surface area contributed by atoms with Gasteiger partial charge in [-0.25, -0.2) is 0 Å². The molecule has 0 fully saturated rings. The molecule has 2 atom stereocenters. The summed E-state index contributed by atoms with van der Waals surface area (Å²) < 4.78 is 10.8. The zero-order chi connectivity index (χ0) is 14.7. The van der Waals surface area contributed by atoms with Crippen molar-refractivity contribution in [1.29, 1.82) is 0 Å². The van der Waals surface area contributed by atoms with Gasteiger partial charge in [0.25, 0.3) is 0 Å². The predicted octanol–water partition coefficient (Wildman–Crippen LogP) is 3.03. The number of hydrogen-bond donors (Lipinski definition) is 0. The molecule has 1 rings (SSSR count). The van der Waals surface area contributed by atoms with Gasteiger partial charge in [-0.3, -0.25) is 9.79 Å². The summed E-state index contributed by atoms with van der Waals surface area (Å²) in [6.45, 7) is 11.9. The molecule has 0 aromatic rings. The van der Waals surface area contributed by atoms with Crippen LogP contribution in [0.4, 0.5) is 0 Å². The van der Waals surface area contributed by atoms with E-state index >= 15 is 0 Å². The first-order valence-electron chi connectivity index (χ1n) is 6.90. The van der Waals surface area contributed by atoms with Crippen LogP contribution in [0.2, 0.25) is 18.1 Å². The second kappa shape index (κ2) is 6.18. The minimum absolute atomic E-state index is 0.164. The van der Waals surface area contributed by atoms with Crippen molar-refractivity contribution in [3.63, 3.8) is 0 Å². The Morgan fingerprint density at radius 1 is 1.42 bits per heavy atom. The normalized spacial score (nSPS) is 23.7. The third-order valence-electron chi connectivity index (χ3n) is 4.18. The van der Waals surface area contributed by atoms with E-state index in [1.54, 1.807) is 0 Å². The van der Waals surface area contributed by atoms with Crippen molar-refractivity contribution in [1.82, 2.24) is 0 Å². The SMILES string of the molecule is COC(=O)CC1C=N[C@H](CO[Si](C)(C)C(C)(C)C)C1. The minimum atomic E-state index is -1.70. The van der Waals surface area contributed by atoms with Gasteiger partial charge in [0, 0.05) is 12.1 Å². The van der Waals surface area contributed by atoms with Crippen LogP contribution in [0, 0.1) is 5.92 Å². The number of nitrogens with zero attached hydrogens (tertiary/aromatic N) is 1. The minimum Gasteiger partial charge on any atom is -0.469 e. The van der Waals surface area contributed by atoms with E-state index in [2.05, 4.69) is 43.6 Å². The molecule has 1 aliphatic heterocycles. The van der Waals surface area contributed by atoms with Gasteiger partial charge >= 0.3 is 5.97 Å². The Bertz CT molecular complexity index is 347. The number of aliphatic imine (C=N–C) groups is 1. The Balaban J connectivity index is 2.38. The molecular formula is C14H27NO3Si. The first-order valence-corrected chi connectivity index (χ1v) is 9.80. The number of carbonyl (C=O) groups excluding carboxylic acids is 1. The van der Waals surface area contributed by atoms with Gasteiger partial charge in [-0.1, -0.05) is 20.8 Å². The molecule has 0 N–H and O–H groups in total. The van der Waals surface area contributed by atoms with E-state index in [0.717, 1.165) is 6.42 Å². The molecule has 1 unspecified atom stereocenters. The maximum Gasteiger partial charge on any atom is 0.306 e. The summed E-state index contributed by atoms with van der Waals surface area (Å²) in [5.74, 6) is 0.0443. The van der Waals surface area contributed by atoms with Gasteiger partial charge in [0.2, 0.25) is 0 Å². The number of esters is 1. The fraction of sp³-hybridized carbons (Fsp3) is 0.857. The van der Waals surface area contributed by atoms with Gasteiger partial charge < -0.3 is 9.16 Å². The summed E-state index contributed by atoms with van der Waals surface area (Å²) in [5, 5.41) is 0.223. The highest BCUT2D eigenvalue weighted by Crippen LogP contribution is 2.37. The summed E-state index contributed by atoms with van der Waals surface area (Å²) in [7, 11) is -0.276. The maximum atomic E-state index is 11.2. The quantitative estimate of drug-likeness (QED) is 0.576. The van der Waals surface area contributed by atoms with Crippen LogP contribution in [0.25, 0.3) is 0 Å². The lowest BCUT2D eigenvalue weighted by molar-refractivity contribution is -0.141. The van der Waals surface area contributed by atoms with Crippen molar-refractivity contribution in [2.24, 2.45) is 10.9 Å². The van der Waals surface area contributed by atoms with Crippen LogP contribution in [-0.2, 0) is 14.0 Å². The molecule has 1 heterocycles. The number of hydrogen-bond acceptors (Lipinski definition) is 4. The molecule has 0 bridgehead atoms. The average Bonchev–Trinajstić information content (AvgIpc) is 2.72. The molecule has 110 valence electrons. The van der Waals surface area contributed by atoms with E-state index in [1.165, 1.54) is 7.11 Å². The lowest BCUT2D eigenvalue weighted by atomic mass is 10.0. The van der Waals surface area contributed by atoms with Crippen LogP contribution < -0.4 is 0 Å². The van der Waals surface area contributed by atoms with Gasteiger partial charge in [-0.05, 0) is 24.6 Å². The van der Waals surface area contributed by atoms with E-state index in [9.17, 15) is 4.79 Å². The van der Waals surface area contributed by atoms with E-state index in [1.807, 2.05) is 6.21 Å². The molecule has 0 radical (unpaired) electrons. The van der Waals surface area contributed by atoms with Gasteiger partial charge in [-0.2, -0.15) is 0 Å². The molecule has 0 aliphatic carbocycles. The highest BCUT2D eigenvalue weighted by molar-refractivity contribution is 6.74. The number of rotatable bonds is 5. The molecule has 0 aromatic carbocycles. The maximum absolute atomic E-state index is 11.2. The number of ether oxygens (including phenoxy) is 1. The highest BCUT2D eigenvalue weighted by Gasteiger charge is 2.38. The Morgan fingerprint density at radius 2 is 2.05 bits per heavy atom. The summed E-state index contributed by atoms with van der Waals surface area (Å²) in [6.07, 6.45) is 3.21. The highest BCUT2D eigenvalue weighted by atomic mass is 28.4. The Morgan fingerprint density at radius 3 is 2.58 bits per heavy atom. The molecule has 0 aromatic heterocycles. The molecule has 0 spiro atoms. The van der Waals surface area contributed by atoms with Crippen molar-refractivity contribution in [2.75, 3.05) is 13.7 Å². The summed E-state index contributed by atoms with van der Waals surface area (Å²) in [6, 6.07) is 0.198. The largest absolute Gasteiger partial charge is 0.469 e.